The van der Waals surface area contributed by atoms with Gasteiger partial charge in [0.1, 0.15) is 0 Å². The van der Waals surface area contributed by atoms with E-state index in [-0.39, 0.29) is 5.41 Å². The van der Waals surface area contributed by atoms with Gasteiger partial charge < -0.3 is 4.90 Å². The molecule has 1 aliphatic carbocycles. The lowest BCUT2D eigenvalue weighted by Gasteiger charge is -2.30. The SMILES string of the molecule is CC1(C)c2ccccc2-c2c(N(c3ccc(-c4ccccc4)cc3)c3ccc(-c4ccccc4)cc3)cc3cc(-c4ccccc4)ccc3c21. The monoisotopic (exact) mass is 639 g/mol. The molecule has 0 amide bonds. The first-order valence-corrected chi connectivity index (χ1v) is 17.4. The molecular weight excluding hydrogens is 603 g/mol. The summed E-state index contributed by atoms with van der Waals surface area (Å²) in [4.78, 5) is 2.47. The van der Waals surface area contributed by atoms with Crippen molar-refractivity contribution in [2.75, 3.05) is 4.90 Å². The summed E-state index contributed by atoms with van der Waals surface area (Å²) in [6.45, 7) is 4.78. The minimum absolute atomic E-state index is 0.172. The number of fused-ring (bicyclic) bond motifs is 5. The Balaban J connectivity index is 1.31. The number of hydrogen-bond donors (Lipinski definition) is 0. The van der Waals surface area contributed by atoms with E-state index < -0.39 is 0 Å². The summed E-state index contributed by atoms with van der Waals surface area (Å²) >= 11 is 0. The molecule has 0 fully saturated rings. The summed E-state index contributed by atoms with van der Waals surface area (Å²) in [6, 6.07) is 68.5. The van der Waals surface area contributed by atoms with Crippen LogP contribution in [0.25, 0.3) is 55.3 Å². The number of rotatable bonds is 6. The Morgan fingerprint density at radius 3 is 1.38 bits per heavy atom. The predicted molar refractivity (Wildman–Crippen MR) is 213 cm³/mol. The number of hydrogen-bond acceptors (Lipinski definition) is 1. The van der Waals surface area contributed by atoms with Crippen molar-refractivity contribution in [3.8, 4) is 44.5 Å². The molecular formula is C49H37N. The van der Waals surface area contributed by atoms with E-state index in [0.29, 0.717) is 0 Å². The zero-order valence-electron chi connectivity index (χ0n) is 28.3. The predicted octanol–water partition coefficient (Wildman–Crippen LogP) is 13.6. The Labute approximate surface area is 294 Å². The standard InChI is InChI=1S/C49H37N/c1-49(2)45-21-13-12-20-44(45)47-46(33-40-32-39(26-31-43(40)48(47)49)36-18-10-5-11-19-36)50(41-27-22-37(23-28-41)34-14-6-3-7-15-34)42-29-24-38(25-30-42)35-16-8-4-9-17-35/h3-33H,1-2H3. The van der Waals surface area contributed by atoms with Gasteiger partial charge in [-0.25, -0.2) is 0 Å². The third-order valence-corrected chi connectivity index (χ3v) is 10.4. The maximum Gasteiger partial charge on any atom is 0.0549 e. The molecule has 0 saturated carbocycles. The summed E-state index contributed by atoms with van der Waals surface area (Å²) in [5, 5.41) is 2.55. The van der Waals surface area contributed by atoms with Gasteiger partial charge in [-0.1, -0.05) is 166 Å². The number of anilines is 3. The van der Waals surface area contributed by atoms with Crippen LogP contribution in [-0.2, 0) is 5.41 Å². The molecule has 8 aromatic carbocycles. The van der Waals surface area contributed by atoms with Crippen molar-refractivity contribution in [2.45, 2.75) is 19.3 Å². The van der Waals surface area contributed by atoms with E-state index >= 15 is 0 Å². The first-order valence-electron chi connectivity index (χ1n) is 17.4. The van der Waals surface area contributed by atoms with Gasteiger partial charge in [0.25, 0.3) is 0 Å². The lowest BCUT2D eigenvalue weighted by molar-refractivity contribution is 0.666. The molecule has 9 rings (SSSR count). The van der Waals surface area contributed by atoms with Gasteiger partial charge in [0.2, 0.25) is 0 Å². The average molecular weight is 640 g/mol. The molecule has 0 bridgehead atoms. The highest BCUT2D eigenvalue weighted by atomic mass is 15.1. The van der Waals surface area contributed by atoms with Crippen molar-refractivity contribution in [3.63, 3.8) is 0 Å². The topological polar surface area (TPSA) is 3.24 Å². The Hall–Kier alpha value is -6.18. The van der Waals surface area contributed by atoms with Crippen molar-refractivity contribution < 1.29 is 0 Å². The summed E-state index contributed by atoms with van der Waals surface area (Å²) in [5.74, 6) is 0. The normalized spacial score (nSPS) is 12.8. The molecule has 0 N–H and O–H groups in total. The summed E-state index contributed by atoms with van der Waals surface area (Å²) in [6.07, 6.45) is 0. The summed E-state index contributed by atoms with van der Waals surface area (Å²) < 4.78 is 0. The second kappa shape index (κ2) is 12.1. The molecule has 50 heavy (non-hydrogen) atoms. The summed E-state index contributed by atoms with van der Waals surface area (Å²) in [7, 11) is 0. The van der Waals surface area contributed by atoms with Crippen LogP contribution in [0.1, 0.15) is 25.0 Å². The van der Waals surface area contributed by atoms with E-state index in [1.54, 1.807) is 0 Å². The first kappa shape index (κ1) is 29.9. The highest BCUT2D eigenvalue weighted by Gasteiger charge is 2.39. The third kappa shape index (κ3) is 5.02. The number of benzene rings is 8. The summed E-state index contributed by atoms with van der Waals surface area (Å²) in [5.41, 5.74) is 15.9. The van der Waals surface area contributed by atoms with Gasteiger partial charge in [0.15, 0.2) is 0 Å². The molecule has 0 spiro atoms. The van der Waals surface area contributed by atoms with E-state index in [9.17, 15) is 0 Å². The van der Waals surface area contributed by atoms with Gasteiger partial charge in [-0.3, -0.25) is 0 Å². The van der Waals surface area contributed by atoms with E-state index in [0.717, 1.165) is 11.4 Å². The lowest BCUT2D eigenvalue weighted by Crippen LogP contribution is -2.17. The molecule has 0 unspecified atom stereocenters. The molecule has 1 aliphatic rings. The highest BCUT2D eigenvalue weighted by Crippen LogP contribution is 2.57. The molecule has 238 valence electrons. The van der Waals surface area contributed by atoms with E-state index in [1.807, 2.05) is 0 Å². The molecule has 1 heteroatoms. The second-order valence-corrected chi connectivity index (χ2v) is 13.8. The minimum atomic E-state index is -0.172. The van der Waals surface area contributed by atoms with Crippen LogP contribution in [0.5, 0.6) is 0 Å². The van der Waals surface area contributed by atoms with Crippen molar-refractivity contribution in [2.24, 2.45) is 0 Å². The Kier molecular flexibility index (Phi) is 7.21. The highest BCUT2D eigenvalue weighted by molar-refractivity contribution is 6.06. The van der Waals surface area contributed by atoms with E-state index in [4.69, 9.17) is 0 Å². The molecule has 0 atom stereocenters. The number of nitrogens with zero attached hydrogens (tertiary/aromatic N) is 1. The van der Waals surface area contributed by atoms with Crippen molar-refractivity contribution in [1.29, 1.82) is 0 Å². The van der Waals surface area contributed by atoms with Gasteiger partial charge in [-0.05, 0) is 97.2 Å². The van der Waals surface area contributed by atoms with Crippen molar-refractivity contribution in [1.82, 2.24) is 0 Å². The van der Waals surface area contributed by atoms with E-state index in [1.165, 1.54) is 72.1 Å². The van der Waals surface area contributed by atoms with E-state index in [2.05, 4.69) is 207 Å². The zero-order chi connectivity index (χ0) is 33.7. The fraction of sp³-hybridized carbons (Fsp3) is 0.0612. The molecule has 0 radical (unpaired) electrons. The largest absolute Gasteiger partial charge is 0.310 e. The van der Waals surface area contributed by atoms with Crippen LogP contribution in [0.4, 0.5) is 17.1 Å². The van der Waals surface area contributed by atoms with Crippen LogP contribution in [0.3, 0.4) is 0 Å². The van der Waals surface area contributed by atoms with Crippen LogP contribution in [0.15, 0.2) is 188 Å². The zero-order valence-corrected chi connectivity index (χ0v) is 28.3. The van der Waals surface area contributed by atoms with Gasteiger partial charge in [-0.2, -0.15) is 0 Å². The maximum absolute atomic E-state index is 2.47. The Morgan fingerprint density at radius 2 is 0.840 bits per heavy atom. The lowest BCUT2D eigenvalue weighted by atomic mass is 9.79. The van der Waals surface area contributed by atoms with Crippen LogP contribution < -0.4 is 4.90 Å². The molecule has 0 aromatic heterocycles. The van der Waals surface area contributed by atoms with Crippen molar-refractivity contribution in [3.05, 3.63) is 199 Å². The molecule has 0 saturated heterocycles. The minimum Gasteiger partial charge on any atom is -0.310 e. The van der Waals surface area contributed by atoms with Gasteiger partial charge in [0, 0.05) is 22.4 Å². The third-order valence-electron chi connectivity index (χ3n) is 10.4. The van der Waals surface area contributed by atoms with Crippen LogP contribution in [0, 0.1) is 0 Å². The fourth-order valence-electron chi connectivity index (χ4n) is 7.98. The van der Waals surface area contributed by atoms with Crippen LogP contribution in [-0.4, -0.2) is 0 Å². The van der Waals surface area contributed by atoms with Gasteiger partial charge in [-0.15, -0.1) is 0 Å². The molecule has 1 nitrogen and oxygen atoms in total. The smallest absolute Gasteiger partial charge is 0.0549 e. The first-order chi connectivity index (χ1) is 24.6. The molecule has 0 heterocycles. The second-order valence-electron chi connectivity index (χ2n) is 13.8. The average Bonchev–Trinajstić information content (AvgIpc) is 3.43. The fourth-order valence-corrected chi connectivity index (χ4v) is 7.98. The molecule has 0 aliphatic heterocycles. The molecule has 8 aromatic rings. The Morgan fingerprint density at radius 1 is 0.400 bits per heavy atom. The Bertz CT molecular complexity index is 2380. The van der Waals surface area contributed by atoms with Gasteiger partial charge in [0.05, 0.1) is 5.69 Å². The van der Waals surface area contributed by atoms with Crippen LogP contribution in [0.2, 0.25) is 0 Å². The maximum atomic E-state index is 2.47. The van der Waals surface area contributed by atoms with Crippen LogP contribution >= 0.6 is 0 Å². The van der Waals surface area contributed by atoms with Gasteiger partial charge >= 0.3 is 0 Å². The quantitative estimate of drug-likeness (QED) is 0.175. The van der Waals surface area contributed by atoms with Crippen molar-refractivity contribution >= 4 is 27.8 Å².